The molecule has 0 aliphatic rings. The Morgan fingerprint density at radius 2 is 1.96 bits per heavy atom. The lowest BCUT2D eigenvalue weighted by molar-refractivity contribution is -0.384. The monoisotopic (exact) mass is 397 g/mol. The van der Waals surface area contributed by atoms with Crippen molar-refractivity contribution < 1.29 is 19.2 Å². The van der Waals surface area contributed by atoms with Crippen LogP contribution in [0.25, 0.3) is 0 Å². The van der Waals surface area contributed by atoms with Gasteiger partial charge in [0, 0.05) is 17.8 Å². The Kier molecular flexibility index (Phi) is 6.12. The topological polar surface area (TPSA) is 111 Å². The molecule has 0 aliphatic carbocycles. The summed E-state index contributed by atoms with van der Waals surface area (Å²) in [5.74, 6) is -1.45. The second-order valence-electron chi connectivity index (χ2n) is 5.29. The summed E-state index contributed by atoms with van der Waals surface area (Å²) in [4.78, 5) is 38.1. The molecule has 1 N–H and O–H groups in total. The predicted molar refractivity (Wildman–Crippen MR) is 95.7 cm³/mol. The van der Waals surface area contributed by atoms with Crippen molar-refractivity contribution in [2.45, 2.75) is 13.8 Å². The average Bonchev–Trinajstić information content (AvgIpc) is 2.53. The van der Waals surface area contributed by atoms with Crippen LogP contribution >= 0.6 is 23.2 Å². The third-order valence-electron chi connectivity index (χ3n) is 3.28. The molecule has 0 saturated carbocycles. The van der Waals surface area contributed by atoms with Gasteiger partial charge in [-0.15, -0.1) is 0 Å². The van der Waals surface area contributed by atoms with Gasteiger partial charge in [0.2, 0.25) is 0 Å². The van der Waals surface area contributed by atoms with Gasteiger partial charge in [-0.25, -0.2) is 9.78 Å². The molecule has 8 nitrogen and oxygen atoms in total. The Bertz CT molecular complexity index is 878. The summed E-state index contributed by atoms with van der Waals surface area (Å²) in [7, 11) is 0. The number of aryl methyl sites for hydroxylation is 2. The molecular formula is C16H13Cl2N3O5. The van der Waals surface area contributed by atoms with Crippen molar-refractivity contribution in [1.82, 2.24) is 4.98 Å². The minimum atomic E-state index is -0.787. The molecule has 2 rings (SSSR count). The highest BCUT2D eigenvalue weighted by atomic mass is 35.5. The van der Waals surface area contributed by atoms with E-state index in [0.29, 0.717) is 11.3 Å². The van der Waals surface area contributed by atoms with Gasteiger partial charge in [-0.1, -0.05) is 23.2 Å². The fourth-order valence-corrected chi connectivity index (χ4v) is 2.73. The molecule has 1 aromatic heterocycles. The van der Waals surface area contributed by atoms with Crippen molar-refractivity contribution in [1.29, 1.82) is 0 Å². The van der Waals surface area contributed by atoms with Crippen molar-refractivity contribution in [3.05, 3.63) is 61.4 Å². The van der Waals surface area contributed by atoms with Crippen LogP contribution in [0.5, 0.6) is 0 Å². The average molecular weight is 398 g/mol. The van der Waals surface area contributed by atoms with Crippen LogP contribution in [0.3, 0.4) is 0 Å². The largest absolute Gasteiger partial charge is 0.452 e. The van der Waals surface area contributed by atoms with E-state index in [1.54, 1.807) is 19.9 Å². The van der Waals surface area contributed by atoms with Crippen molar-refractivity contribution in [3.63, 3.8) is 0 Å². The molecule has 0 bridgehead atoms. The van der Waals surface area contributed by atoms with Gasteiger partial charge < -0.3 is 10.1 Å². The fraction of sp³-hybridized carbons (Fsp3) is 0.188. The number of pyridine rings is 1. The number of nitro benzene ring substituents is 1. The minimum absolute atomic E-state index is 0.00804. The van der Waals surface area contributed by atoms with Crippen LogP contribution in [0.2, 0.25) is 10.2 Å². The number of nitrogens with one attached hydrogen (secondary N) is 1. The van der Waals surface area contributed by atoms with E-state index in [1.165, 1.54) is 12.1 Å². The number of aromatic nitrogens is 1. The van der Waals surface area contributed by atoms with Crippen LogP contribution in [-0.4, -0.2) is 28.4 Å². The predicted octanol–water partition coefficient (Wildman–Crippen LogP) is 3.71. The first-order valence-electron chi connectivity index (χ1n) is 7.23. The maximum absolute atomic E-state index is 12.1. The number of hydrogen-bond donors (Lipinski definition) is 1. The first-order valence-corrected chi connectivity index (χ1v) is 7.99. The van der Waals surface area contributed by atoms with Crippen LogP contribution in [0.1, 0.15) is 21.6 Å². The normalized spacial score (nSPS) is 10.3. The number of non-ortho nitro benzene ring substituents is 1. The quantitative estimate of drug-likeness (QED) is 0.356. The van der Waals surface area contributed by atoms with Crippen LogP contribution in [0, 0.1) is 24.0 Å². The highest BCUT2D eigenvalue weighted by molar-refractivity contribution is 6.34. The number of ether oxygens (including phenoxy) is 1. The van der Waals surface area contributed by atoms with Gasteiger partial charge >= 0.3 is 5.97 Å². The number of benzene rings is 1. The number of carbonyl (C=O) groups excluding carboxylic acids is 2. The van der Waals surface area contributed by atoms with E-state index in [-0.39, 0.29) is 27.1 Å². The van der Waals surface area contributed by atoms with E-state index in [9.17, 15) is 19.7 Å². The Morgan fingerprint density at radius 3 is 2.54 bits per heavy atom. The van der Waals surface area contributed by atoms with E-state index >= 15 is 0 Å². The first-order chi connectivity index (χ1) is 12.2. The summed E-state index contributed by atoms with van der Waals surface area (Å²) in [5, 5.41) is 13.0. The van der Waals surface area contributed by atoms with Crippen molar-refractivity contribution in [3.8, 4) is 0 Å². The summed E-state index contributed by atoms with van der Waals surface area (Å²) in [6, 6.07) is 5.24. The number of hydrogen-bond acceptors (Lipinski definition) is 6. The van der Waals surface area contributed by atoms with E-state index < -0.39 is 23.4 Å². The molecule has 136 valence electrons. The van der Waals surface area contributed by atoms with Gasteiger partial charge in [-0.2, -0.15) is 0 Å². The summed E-state index contributed by atoms with van der Waals surface area (Å²) >= 11 is 11.8. The van der Waals surface area contributed by atoms with Gasteiger partial charge in [-0.05, 0) is 31.5 Å². The van der Waals surface area contributed by atoms with Gasteiger partial charge in [0.05, 0.1) is 21.2 Å². The zero-order chi connectivity index (χ0) is 19.4. The molecule has 2 aromatic rings. The van der Waals surface area contributed by atoms with Gasteiger partial charge in [0.25, 0.3) is 11.6 Å². The number of nitro groups is 1. The molecule has 26 heavy (non-hydrogen) atoms. The Morgan fingerprint density at radius 1 is 1.27 bits per heavy atom. The SMILES string of the molecule is Cc1cc(C)c(C(=O)OCC(=O)Nc2ccc([N+](=O)[O-])cc2Cl)c(Cl)n1. The summed E-state index contributed by atoms with van der Waals surface area (Å²) in [5.41, 5.74) is 1.25. The first kappa shape index (κ1) is 19.6. The Hall–Kier alpha value is -2.71. The van der Waals surface area contributed by atoms with Crippen LogP contribution < -0.4 is 5.32 Å². The number of halogens is 2. The molecular weight excluding hydrogens is 385 g/mol. The van der Waals surface area contributed by atoms with Crippen LogP contribution in [0.15, 0.2) is 24.3 Å². The summed E-state index contributed by atoms with van der Waals surface area (Å²) in [6.45, 7) is 2.82. The van der Waals surface area contributed by atoms with Crippen LogP contribution in [-0.2, 0) is 9.53 Å². The van der Waals surface area contributed by atoms with E-state index in [4.69, 9.17) is 27.9 Å². The number of esters is 1. The van der Waals surface area contributed by atoms with Crippen molar-refractivity contribution >= 4 is 46.5 Å². The zero-order valence-corrected chi connectivity index (χ0v) is 15.2. The zero-order valence-electron chi connectivity index (χ0n) is 13.7. The van der Waals surface area contributed by atoms with Gasteiger partial charge in [0.1, 0.15) is 5.15 Å². The maximum atomic E-state index is 12.1. The third-order valence-corrected chi connectivity index (χ3v) is 3.86. The van der Waals surface area contributed by atoms with Crippen molar-refractivity contribution in [2.24, 2.45) is 0 Å². The number of carbonyl (C=O) groups is 2. The van der Waals surface area contributed by atoms with E-state index in [0.717, 1.165) is 6.07 Å². The lowest BCUT2D eigenvalue weighted by atomic mass is 10.1. The lowest BCUT2D eigenvalue weighted by Crippen LogP contribution is -2.21. The van der Waals surface area contributed by atoms with Crippen LogP contribution in [0.4, 0.5) is 11.4 Å². The summed E-state index contributed by atoms with van der Waals surface area (Å²) < 4.78 is 4.94. The molecule has 1 heterocycles. The second kappa shape index (κ2) is 8.11. The highest BCUT2D eigenvalue weighted by Gasteiger charge is 2.19. The molecule has 0 saturated heterocycles. The third kappa shape index (κ3) is 4.68. The Labute approximate surface area is 158 Å². The van der Waals surface area contributed by atoms with Gasteiger partial charge in [0.15, 0.2) is 6.61 Å². The maximum Gasteiger partial charge on any atom is 0.342 e. The molecule has 0 radical (unpaired) electrons. The second-order valence-corrected chi connectivity index (χ2v) is 6.06. The van der Waals surface area contributed by atoms with E-state index in [2.05, 4.69) is 10.3 Å². The smallest absolute Gasteiger partial charge is 0.342 e. The summed E-state index contributed by atoms with van der Waals surface area (Å²) in [6.07, 6.45) is 0. The highest BCUT2D eigenvalue weighted by Crippen LogP contribution is 2.26. The standard InChI is InChI=1S/C16H13Cl2N3O5/c1-8-5-9(2)19-15(18)14(8)16(23)26-7-13(22)20-12-4-3-10(21(24)25)6-11(12)17/h3-6H,7H2,1-2H3,(H,20,22). The lowest BCUT2D eigenvalue weighted by Gasteiger charge is -2.10. The molecule has 0 unspecified atom stereocenters. The number of amides is 1. The number of anilines is 1. The number of rotatable bonds is 5. The fourth-order valence-electron chi connectivity index (χ4n) is 2.14. The number of nitrogens with zero attached hydrogens (tertiary/aromatic N) is 2. The molecule has 0 aliphatic heterocycles. The minimum Gasteiger partial charge on any atom is -0.452 e. The molecule has 10 heteroatoms. The van der Waals surface area contributed by atoms with Gasteiger partial charge in [-0.3, -0.25) is 14.9 Å². The van der Waals surface area contributed by atoms with E-state index in [1.807, 2.05) is 0 Å². The molecule has 0 fully saturated rings. The van der Waals surface area contributed by atoms with Crippen molar-refractivity contribution in [2.75, 3.05) is 11.9 Å². The Balaban J connectivity index is 2.01. The molecule has 1 aromatic carbocycles. The molecule has 1 amide bonds. The molecule has 0 atom stereocenters. The molecule has 0 spiro atoms.